The van der Waals surface area contributed by atoms with E-state index in [2.05, 4.69) is 38.4 Å². The molecule has 22 heavy (non-hydrogen) atoms. The molecule has 0 fully saturated rings. The van der Waals surface area contributed by atoms with Crippen molar-refractivity contribution in [3.8, 4) is 0 Å². The van der Waals surface area contributed by atoms with Gasteiger partial charge in [-0.05, 0) is 34.5 Å². The van der Waals surface area contributed by atoms with Crippen molar-refractivity contribution < 1.29 is 4.79 Å². The highest BCUT2D eigenvalue weighted by Crippen LogP contribution is 2.22. The molecule has 0 bridgehead atoms. The van der Waals surface area contributed by atoms with Crippen LogP contribution < -0.4 is 11.2 Å². The average molecular weight is 384 g/mol. The van der Waals surface area contributed by atoms with E-state index in [1.165, 1.54) is 16.4 Å². The molecule has 0 atom stereocenters. The lowest BCUT2D eigenvalue weighted by Gasteiger charge is -2.07. The van der Waals surface area contributed by atoms with Gasteiger partial charge in [-0.25, -0.2) is 4.68 Å². The molecule has 0 spiro atoms. The third-order valence-corrected chi connectivity index (χ3v) is 4.60. The first-order valence-electron chi connectivity index (χ1n) is 6.98. The van der Waals surface area contributed by atoms with E-state index in [9.17, 15) is 4.79 Å². The lowest BCUT2D eigenvalue weighted by Crippen LogP contribution is -2.17. The standard InChI is InChI=1S/C14H18BrN5OS/c1-2-3-8-12-18-19-14(20(12)16)22-9-13(21)17-11-7-5-4-6-10(11)15/h4-7H,2-3,8-9,16H2,1H3,(H,17,21). The molecule has 0 saturated carbocycles. The summed E-state index contributed by atoms with van der Waals surface area (Å²) in [6.45, 7) is 2.11. The summed E-state index contributed by atoms with van der Waals surface area (Å²) < 4.78 is 2.31. The number of halogens is 1. The van der Waals surface area contributed by atoms with Gasteiger partial charge in [-0.2, -0.15) is 0 Å². The number of hydrogen-bond acceptors (Lipinski definition) is 5. The topological polar surface area (TPSA) is 85.8 Å². The molecule has 1 heterocycles. The number of anilines is 1. The second-order valence-electron chi connectivity index (χ2n) is 4.69. The van der Waals surface area contributed by atoms with E-state index in [1.54, 1.807) is 0 Å². The lowest BCUT2D eigenvalue weighted by molar-refractivity contribution is -0.113. The van der Waals surface area contributed by atoms with Crippen LogP contribution in [0.15, 0.2) is 33.9 Å². The van der Waals surface area contributed by atoms with Gasteiger partial charge in [-0.1, -0.05) is 37.2 Å². The minimum atomic E-state index is -0.116. The van der Waals surface area contributed by atoms with Gasteiger partial charge < -0.3 is 11.2 Å². The van der Waals surface area contributed by atoms with Crippen LogP contribution in [-0.4, -0.2) is 26.5 Å². The molecule has 1 aromatic heterocycles. The fourth-order valence-electron chi connectivity index (χ4n) is 1.79. The zero-order valence-corrected chi connectivity index (χ0v) is 14.7. The molecule has 118 valence electrons. The van der Waals surface area contributed by atoms with Gasteiger partial charge in [0.1, 0.15) is 0 Å². The van der Waals surface area contributed by atoms with Crippen molar-refractivity contribution in [1.82, 2.24) is 14.9 Å². The summed E-state index contributed by atoms with van der Waals surface area (Å²) in [5.74, 6) is 6.80. The molecule has 0 aliphatic heterocycles. The molecule has 0 unspecified atom stereocenters. The minimum absolute atomic E-state index is 0.116. The number of carbonyl (C=O) groups excluding carboxylic acids is 1. The van der Waals surface area contributed by atoms with Crippen molar-refractivity contribution in [1.29, 1.82) is 0 Å². The van der Waals surface area contributed by atoms with Crippen LogP contribution in [0.2, 0.25) is 0 Å². The number of amides is 1. The number of aromatic nitrogens is 3. The predicted octanol–water partition coefficient (Wildman–Crippen LogP) is 2.83. The van der Waals surface area contributed by atoms with E-state index < -0.39 is 0 Å². The van der Waals surface area contributed by atoms with E-state index in [0.29, 0.717) is 5.16 Å². The lowest BCUT2D eigenvalue weighted by atomic mass is 10.2. The predicted molar refractivity (Wildman–Crippen MR) is 92.3 cm³/mol. The van der Waals surface area contributed by atoms with Crippen LogP contribution in [-0.2, 0) is 11.2 Å². The fraction of sp³-hybridized carbons (Fsp3) is 0.357. The van der Waals surface area contributed by atoms with Gasteiger partial charge in [-0.3, -0.25) is 4.79 Å². The smallest absolute Gasteiger partial charge is 0.234 e. The maximum atomic E-state index is 12.0. The largest absolute Gasteiger partial charge is 0.336 e. The molecule has 3 N–H and O–H groups in total. The molecule has 1 aromatic carbocycles. The highest BCUT2D eigenvalue weighted by atomic mass is 79.9. The SMILES string of the molecule is CCCCc1nnc(SCC(=O)Nc2ccccc2Br)n1N. The molecule has 0 aliphatic rings. The Morgan fingerprint density at radius 2 is 2.18 bits per heavy atom. The Morgan fingerprint density at radius 3 is 2.91 bits per heavy atom. The van der Waals surface area contributed by atoms with Gasteiger partial charge in [0.2, 0.25) is 11.1 Å². The van der Waals surface area contributed by atoms with Gasteiger partial charge in [0.15, 0.2) is 5.82 Å². The van der Waals surface area contributed by atoms with E-state index in [1.807, 2.05) is 24.3 Å². The number of nitrogens with two attached hydrogens (primary N) is 1. The monoisotopic (exact) mass is 383 g/mol. The summed E-state index contributed by atoms with van der Waals surface area (Å²) in [6.07, 6.45) is 2.88. The molecule has 0 saturated heterocycles. The van der Waals surface area contributed by atoms with Crippen molar-refractivity contribution in [2.75, 3.05) is 16.9 Å². The van der Waals surface area contributed by atoms with Crippen LogP contribution >= 0.6 is 27.7 Å². The van der Waals surface area contributed by atoms with Crippen LogP contribution in [0.4, 0.5) is 5.69 Å². The molecule has 6 nitrogen and oxygen atoms in total. The van der Waals surface area contributed by atoms with Crippen LogP contribution in [0.25, 0.3) is 0 Å². The van der Waals surface area contributed by atoms with Crippen LogP contribution in [0.3, 0.4) is 0 Å². The number of para-hydroxylation sites is 1. The van der Waals surface area contributed by atoms with Gasteiger partial charge in [0.05, 0.1) is 11.4 Å². The first kappa shape index (κ1) is 16.8. The van der Waals surface area contributed by atoms with Crippen molar-refractivity contribution >= 4 is 39.3 Å². The quantitative estimate of drug-likeness (QED) is 0.566. The fourth-order valence-corrected chi connectivity index (χ4v) is 2.85. The van der Waals surface area contributed by atoms with Crippen molar-refractivity contribution in [2.45, 2.75) is 31.3 Å². The summed E-state index contributed by atoms with van der Waals surface area (Å²) in [7, 11) is 0. The highest BCUT2D eigenvalue weighted by Gasteiger charge is 2.12. The summed E-state index contributed by atoms with van der Waals surface area (Å²) >= 11 is 4.66. The number of hydrogen-bond donors (Lipinski definition) is 2. The summed E-state index contributed by atoms with van der Waals surface area (Å²) in [5, 5.41) is 11.5. The maximum absolute atomic E-state index is 12.0. The summed E-state index contributed by atoms with van der Waals surface area (Å²) in [5.41, 5.74) is 0.742. The zero-order valence-electron chi connectivity index (χ0n) is 12.3. The van der Waals surface area contributed by atoms with Gasteiger partial charge >= 0.3 is 0 Å². The number of nitrogen functional groups attached to an aromatic ring is 1. The summed E-state index contributed by atoms with van der Waals surface area (Å²) in [4.78, 5) is 12.0. The van der Waals surface area contributed by atoms with E-state index >= 15 is 0 Å². The normalized spacial score (nSPS) is 10.6. The Balaban J connectivity index is 1.89. The van der Waals surface area contributed by atoms with Crippen molar-refractivity contribution in [3.05, 3.63) is 34.6 Å². The van der Waals surface area contributed by atoms with Gasteiger partial charge in [0.25, 0.3) is 0 Å². The Kier molecular flexibility index (Phi) is 6.26. The van der Waals surface area contributed by atoms with Crippen LogP contribution in [0.1, 0.15) is 25.6 Å². The number of thioether (sulfide) groups is 1. The summed E-state index contributed by atoms with van der Waals surface area (Å²) in [6, 6.07) is 7.47. The number of unbranched alkanes of at least 4 members (excludes halogenated alkanes) is 1. The maximum Gasteiger partial charge on any atom is 0.234 e. The molecule has 0 radical (unpaired) electrons. The number of aryl methyl sites for hydroxylation is 1. The Labute approximate surface area is 142 Å². The second-order valence-corrected chi connectivity index (χ2v) is 6.49. The van der Waals surface area contributed by atoms with Crippen LogP contribution in [0.5, 0.6) is 0 Å². The molecule has 0 aliphatic carbocycles. The second kappa shape index (κ2) is 8.19. The number of nitrogens with one attached hydrogen (secondary N) is 1. The Hall–Kier alpha value is -1.54. The molecular weight excluding hydrogens is 366 g/mol. The molecular formula is C14H18BrN5OS. The number of rotatable bonds is 7. The average Bonchev–Trinajstić information content (AvgIpc) is 2.86. The van der Waals surface area contributed by atoms with E-state index in [4.69, 9.17) is 5.84 Å². The zero-order chi connectivity index (χ0) is 15.9. The van der Waals surface area contributed by atoms with Gasteiger partial charge in [-0.15, -0.1) is 10.2 Å². The molecule has 2 aromatic rings. The third kappa shape index (κ3) is 4.48. The van der Waals surface area contributed by atoms with Crippen molar-refractivity contribution in [2.24, 2.45) is 0 Å². The Morgan fingerprint density at radius 1 is 1.41 bits per heavy atom. The van der Waals surface area contributed by atoms with E-state index in [-0.39, 0.29) is 11.7 Å². The van der Waals surface area contributed by atoms with E-state index in [0.717, 1.165) is 35.2 Å². The number of carbonyl (C=O) groups is 1. The van der Waals surface area contributed by atoms with Crippen molar-refractivity contribution in [3.63, 3.8) is 0 Å². The molecule has 2 rings (SSSR count). The highest BCUT2D eigenvalue weighted by molar-refractivity contribution is 9.10. The molecule has 8 heteroatoms. The first-order valence-corrected chi connectivity index (χ1v) is 8.76. The number of benzene rings is 1. The number of nitrogens with zero attached hydrogens (tertiary/aromatic N) is 3. The van der Waals surface area contributed by atoms with Gasteiger partial charge in [0, 0.05) is 10.9 Å². The third-order valence-electron chi connectivity index (χ3n) is 2.97. The first-order chi connectivity index (χ1) is 10.6. The Bertz CT molecular complexity index is 646. The molecule has 1 amide bonds. The van der Waals surface area contributed by atoms with Crippen LogP contribution in [0, 0.1) is 0 Å². The minimum Gasteiger partial charge on any atom is -0.336 e.